The highest BCUT2D eigenvalue weighted by molar-refractivity contribution is 7.92. The number of rotatable bonds is 3. The second-order valence-corrected chi connectivity index (χ2v) is 6.44. The van der Waals surface area contributed by atoms with Gasteiger partial charge in [-0.2, -0.15) is 0 Å². The van der Waals surface area contributed by atoms with Crippen LogP contribution in [-0.4, -0.2) is 13.4 Å². The Hall–Kier alpha value is -2.61. The van der Waals surface area contributed by atoms with Gasteiger partial charge in [0.1, 0.15) is 5.82 Å². The minimum Gasteiger partial charge on any atom is -0.408 e. The van der Waals surface area contributed by atoms with Gasteiger partial charge in [0.2, 0.25) is 0 Å². The number of sulfonamides is 1. The molecule has 114 valence electrons. The molecule has 0 aliphatic carbocycles. The summed E-state index contributed by atoms with van der Waals surface area (Å²) in [5.74, 6) is -1.35. The van der Waals surface area contributed by atoms with Gasteiger partial charge in [-0.05, 0) is 36.8 Å². The van der Waals surface area contributed by atoms with Gasteiger partial charge < -0.3 is 4.42 Å². The fraction of sp³-hybridized carbons (Fsp3) is 0.0714. The third kappa shape index (κ3) is 2.60. The number of aryl methyl sites for hydroxylation is 1. The minimum atomic E-state index is -4.00. The molecular weight excluding hydrogens is 311 g/mol. The Bertz CT molecular complexity index is 1020. The van der Waals surface area contributed by atoms with Crippen molar-refractivity contribution in [1.82, 2.24) is 4.98 Å². The van der Waals surface area contributed by atoms with Gasteiger partial charge in [0.25, 0.3) is 10.0 Å². The van der Waals surface area contributed by atoms with Crippen LogP contribution in [0.15, 0.2) is 50.5 Å². The molecule has 0 spiro atoms. The van der Waals surface area contributed by atoms with E-state index >= 15 is 0 Å². The second-order valence-electron chi connectivity index (χ2n) is 4.76. The third-order valence-electron chi connectivity index (χ3n) is 3.07. The number of H-pyrrole nitrogens is 1. The summed E-state index contributed by atoms with van der Waals surface area (Å²) >= 11 is 0. The standard InChI is InChI=1S/C14H11FN2O4S/c1-8-2-4-11(10(15)6-8)17-22(19,20)9-3-5-12-13(7-9)21-14(18)16-12/h2-7,17H,1H3,(H,16,18). The van der Waals surface area contributed by atoms with Crippen molar-refractivity contribution in [3.05, 3.63) is 58.3 Å². The summed E-state index contributed by atoms with van der Waals surface area (Å²) in [6.45, 7) is 1.70. The molecule has 0 radical (unpaired) electrons. The Labute approximate surface area is 124 Å². The molecule has 0 atom stereocenters. The van der Waals surface area contributed by atoms with Crippen LogP contribution in [0.3, 0.4) is 0 Å². The van der Waals surface area contributed by atoms with Crippen molar-refractivity contribution < 1.29 is 17.2 Å². The van der Waals surface area contributed by atoms with E-state index in [-0.39, 0.29) is 16.2 Å². The Kier molecular flexibility index (Phi) is 3.25. The Morgan fingerprint density at radius 3 is 2.68 bits per heavy atom. The maximum atomic E-state index is 13.8. The zero-order chi connectivity index (χ0) is 15.9. The van der Waals surface area contributed by atoms with Crippen LogP contribution in [0, 0.1) is 12.7 Å². The van der Waals surface area contributed by atoms with E-state index in [1.165, 1.54) is 30.3 Å². The molecule has 3 rings (SSSR count). The Morgan fingerprint density at radius 1 is 1.18 bits per heavy atom. The number of benzene rings is 2. The first-order valence-electron chi connectivity index (χ1n) is 6.27. The van der Waals surface area contributed by atoms with Crippen LogP contribution < -0.4 is 10.5 Å². The first kappa shape index (κ1) is 14.3. The van der Waals surface area contributed by atoms with E-state index < -0.39 is 21.6 Å². The summed E-state index contributed by atoms with van der Waals surface area (Å²) in [5.41, 5.74) is 1.01. The molecule has 0 aliphatic heterocycles. The number of anilines is 1. The van der Waals surface area contributed by atoms with E-state index in [1.807, 2.05) is 0 Å². The lowest BCUT2D eigenvalue weighted by molar-refractivity contribution is 0.554. The number of halogens is 1. The van der Waals surface area contributed by atoms with Gasteiger partial charge in [-0.25, -0.2) is 17.6 Å². The highest BCUT2D eigenvalue weighted by Crippen LogP contribution is 2.22. The quantitative estimate of drug-likeness (QED) is 0.774. The average molecular weight is 322 g/mol. The van der Waals surface area contributed by atoms with Crippen molar-refractivity contribution in [1.29, 1.82) is 0 Å². The van der Waals surface area contributed by atoms with Gasteiger partial charge in [-0.1, -0.05) is 6.07 Å². The van der Waals surface area contributed by atoms with Crippen LogP contribution in [0.25, 0.3) is 11.1 Å². The number of aromatic nitrogens is 1. The number of oxazole rings is 1. The number of nitrogens with one attached hydrogen (secondary N) is 2. The van der Waals surface area contributed by atoms with Gasteiger partial charge in [-0.15, -0.1) is 0 Å². The number of hydrogen-bond acceptors (Lipinski definition) is 4. The molecule has 8 heteroatoms. The summed E-state index contributed by atoms with van der Waals surface area (Å²) in [6.07, 6.45) is 0. The van der Waals surface area contributed by atoms with Crippen molar-refractivity contribution in [2.75, 3.05) is 4.72 Å². The zero-order valence-corrected chi connectivity index (χ0v) is 12.2. The van der Waals surface area contributed by atoms with Crippen LogP contribution in [0.1, 0.15) is 5.56 Å². The molecule has 0 amide bonds. The number of aromatic amines is 1. The molecule has 0 fully saturated rings. The number of hydrogen-bond donors (Lipinski definition) is 2. The Morgan fingerprint density at radius 2 is 1.95 bits per heavy atom. The molecule has 0 saturated heterocycles. The van der Waals surface area contributed by atoms with Crippen molar-refractivity contribution in [3.63, 3.8) is 0 Å². The van der Waals surface area contributed by atoms with E-state index in [0.29, 0.717) is 11.1 Å². The lowest BCUT2D eigenvalue weighted by Crippen LogP contribution is -2.14. The summed E-state index contributed by atoms with van der Waals surface area (Å²) in [4.78, 5) is 13.3. The summed E-state index contributed by atoms with van der Waals surface area (Å²) in [7, 11) is -4.00. The third-order valence-corrected chi connectivity index (χ3v) is 4.43. The van der Waals surface area contributed by atoms with E-state index in [4.69, 9.17) is 4.42 Å². The molecule has 2 aromatic carbocycles. The molecule has 1 heterocycles. The SMILES string of the molecule is Cc1ccc(NS(=O)(=O)c2ccc3[nH]c(=O)oc3c2)c(F)c1. The van der Waals surface area contributed by atoms with Gasteiger partial charge in [0.15, 0.2) is 5.58 Å². The fourth-order valence-corrected chi connectivity index (χ4v) is 3.08. The summed E-state index contributed by atoms with van der Waals surface area (Å²) < 4.78 is 45.3. The predicted molar refractivity (Wildman–Crippen MR) is 78.8 cm³/mol. The smallest absolute Gasteiger partial charge is 0.408 e. The molecular formula is C14H11FN2O4S. The zero-order valence-electron chi connectivity index (χ0n) is 11.4. The summed E-state index contributed by atoms with van der Waals surface area (Å²) in [6, 6.07) is 8.06. The van der Waals surface area contributed by atoms with Crippen LogP contribution >= 0.6 is 0 Å². The van der Waals surface area contributed by atoms with Crippen LogP contribution in [0.4, 0.5) is 10.1 Å². The minimum absolute atomic E-state index is 0.109. The highest BCUT2D eigenvalue weighted by Gasteiger charge is 2.18. The molecule has 3 aromatic rings. The van der Waals surface area contributed by atoms with Crippen LogP contribution in [0.2, 0.25) is 0 Å². The maximum Gasteiger partial charge on any atom is 0.417 e. The highest BCUT2D eigenvalue weighted by atomic mass is 32.2. The lowest BCUT2D eigenvalue weighted by atomic mass is 10.2. The largest absolute Gasteiger partial charge is 0.417 e. The summed E-state index contributed by atoms with van der Waals surface area (Å²) in [5, 5.41) is 0. The molecule has 6 nitrogen and oxygen atoms in total. The fourth-order valence-electron chi connectivity index (χ4n) is 2.00. The van der Waals surface area contributed by atoms with Gasteiger partial charge in [0.05, 0.1) is 16.1 Å². The molecule has 22 heavy (non-hydrogen) atoms. The topological polar surface area (TPSA) is 92.2 Å². The monoisotopic (exact) mass is 322 g/mol. The maximum absolute atomic E-state index is 13.8. The predicted octanol–water partition coefficient (Wildman–Crippen LogP) is 2.37. The van der Waals surface area contributed by atoms with Crippen molar-refractivity contribution >= 4 is 26.8 Å². The molecule has 1 aromatic heterocycles. The van der Waals surface area contributed by atoms with E-state index in [0.717, 1.165) is 0 Å². The molecule has 0 bridgehead atoms. The van der Waals surface area contributed by atoms with Gasteiger partial charge >= 0.3 is 5.76 Å². The number of fused-ring (bicyclic) bond motifs is 1. The molecule has 0 saturated carbocycles. The lowest BCUT2D eigenvalue weighted by Gasteiger charge is -2.09. The Balaban J connectivity index is 2.01. The molecule has 0 aliphatic rings. The van der Waals surface area contributed by atoms with Gasteiger partial charge in [-0.3, -0.25) is 9.71 Å². The van der Waals surface area contributed by atoms with Crippen molar-refractivity contribution in [2.24, 2.45) is 0 Å². The normalized spacial score (nSPS) is 11.7. The van der Waals surface area contributed by atoms with Gasteiger partial charge in [0, 0.05) is 6.07 Å². The molecule has 2 N–H and O–H groups in total. The van der Waals surface area contributed by atoms with Crippen molar-refractivity contribution in [3.8, 4) is 0 Å². The second kappa shape index (κ2) is 4.99. The van der Waals surface area contributed by atoms with Crippen LogP contribution in [0.5, 0.6) is 0 Å². The van der Waals surface area contributed by atoms with E-state index in [2.05, 4.69) is 9.71 Å². The van der Waals surface area contributed by atoms with Crippen LogP contribution in [-0.2, 0) is 10.0 Å². The molecule has 0 unspecified atom stereocenters. The first-order valence-corrected chi connectivity index (χ1v) is 7.75. The first-order chi connectivity index (χ1) is 10.3. The van der Waals surface area contributed by atoms with E-state index in [9.17, 15) is 17.6 Å². The average Bonchev–Trinajstić information content (AvgIpc) is 2.81. The van der Waals surface area contributed by atoms with Crippen molar-refractivity contribution in [2.45, 2.75) is 11.8 Å². The van der Waals surface area contributed by atoms with E-state index in [1.54, 1.807) is 13.0 Å².